The number of allylic oxidation sites excluding steroid dienone is 2. The summed E-state index contributed by atoms with van der Waals surface area (Å²) in [4.78, 5) is 12.9. The third kappa shape index (κ3) is 4.24. The van der Waals surface area contributed by atoms with E-state index in [4.69, 9.17) is 0 Å². The molecule has 0 bridgehead atoms. The summed E-state index contributed by atoms with van der Waals surface area (Å²) in [6, 6.07) is 41.3. The minimum atomic E-state index is -0.104. The van der Waals surface area contributed by atoms with E-state index in [1.807, 2.05) is 72.8 Å². The normalized spacial score (nSPS) is 16.8. The molecule has 1 nitrogen and oxygen atoms in total. The Kier molecular flexibility index (Phi) is 5.63. The molecule has 4 aromatic rings. The molecule has 1 aliphatic carbocycles. The second kappa shape index (κ2) is 9.03. The average Bonchev–Trinajstić information content (AvgIpc) is 3.49. The highest BCUT2D eigenvalue weighted by Crippen LogP contribution is 2.42. The Morgan fingerprint density at radius 2 is 0.688 bits per heavy atom. The fourth-order valence-corrected chi connectivity index (χ4v) is 4.20. The highest BCUT2D eigenvalue weighted by Gasteiger charge is 2.46. The number of hydrogen-bond donors (Lipinski definition) is 0. The third-order valence-corrected chi connectivity index (χ3v) is 5.97. The zero-order valence-corrected chi connectivity index (χ0v) is 17.8. The van der Waals surface area contributed by atoms with Gasteiger partial charge in [0, 0.05) is 0 Å². The van der Waals surface area contributed by atoms with E-state index in [-0.39, 0.29) is 17.6 Å². The molecule has 0 radical (unpaired) electrons. The molecule has 0 saturated heterocycles. The van der Waals surface area contributed by atoms with Crippen molar-refractivity contribution in [3.8, 4) is 0 Å². The summed E-state index contributed by atoms with van der Waals surface area (Å²) in [6.07, 6.45) is 4.31. The largest absolute Gasteiger partial charge is 0.298 e. The van der Waals surface area contributed by atoms with Crippen LogP contribution < -0.4 is 0 Å². The van der Waals surface area contributed by atoms with Crippen molar-refractivity contribution in [3.63, 3.8) is 0 Å². The molecule has 154 valence electrons. The van der Waals surface area contributed by atoms with Crippen molar-refractivity contribution in [2.45, 2.75) is 0 Å². The minimum absolute atomic E-state index is 0.104. The van der Waals surface area contributed by atoms with Crippen molar-refractivity contribution < 1.29 is 4.79 Å². The first-order valence-electron chi connectivity index (χ1n) is 11.0. The van der Waals surface area contributed by atoms with Crippen molar-refractivity contribution in [1.29, 1.82) is 0 Å². The van der Waals surface area contributed by atoms with Gasteiger partial charge < -0.3 is 0 Å². The summed E-state index contributed by atoms with van der Waals surface area (Å²) < 4.78 is 0. The van der Waals surface area contributed by atoms with Gasteiger partial charge in [-0.05, 0) is 33.4 Å². The maximum Gasteiger partial charge on any atom is 0.148 e. The van der Waals surface area contributed by atoms with E-state index >= 15 is 0 Å². The molecule has 0 heterocycles. The molecular formula is C31H24O. The smallest absolute Gasteiger partial charge is 0.148 e. The molecule has 5 rings (SSSR count). The number of benzene rings is 4. The fourth-order valence-electron chi connectivity index (χ4n) is 4.20. The van der Waals surface area contributed by atoms with Crippen molar-refractivity contribution in [3.05, 3.63) is 156 Å². The second-order valence-corrected chi connectivity index (χ2v) is 8.08. The molecule has 2 atom stereocenters. The number of rotatable bonds is 6. The van der Waals surface area contributed by atoms with Crippen molar-refractivity contribution >= 4 is 16.9 Å². The monoisotopic (exact) mass is 412 g/mol. The lowest BCUT2D eigenvalue weighted by Gasteiger charge is -2.09. The van der Waals surface area contributed by atoms with Gasteiger partial charge in [-0.25, -0.2) is 0 Å². The van der Waals surface area contributed by atoms with Gasteiger partial charge in [-0.2, -0.15) is 0 Å². The van der Waals surface area contributed by atoms with Gasteiger partial charge in [0.2, 0.25) is 0 Å². The molecule has 32 heavy (non-hydrogen) atoms. The number of carbonyl (C=O) groups is 1. The van der Waals surface area contributed by atoms with Gasteiger partial charge in [0.25, 0.3) is 0 Å². The summed E-state index contributed by atoms with van der Waals surface area (Å²) >= 11 is 0. The fraction of sp³-hybridized carbons (Fsp3) is 0.0645. The van der Waals surface area contributed by atoms with E-state index in [9.17, 15) is 4.79 Å². The molecule has 0 aromatic heterocycles. The van der Waals surface area contributed by atoms with Gasteiger partial charge in [0.05, 0.1) is 11.8 Å². The van der Waals surface area contributed by atoms with E-state index in [0.717, 1.165) is 33.4 Å². The van der Waals surface area contributed by atoms with E-state index < -0.39 is 0 Å². The van der Waals surface area contributed by atoms with Crippen LogP contribution in [0.4, 0.5) is 0 Å². The Morgan fingerprint density at radius 1 is 0.438 bits per heavy atom. The number of Topliss-reactive ketones (excluding diaryl/α,β-unsaturated/α-hetero) is 1. The van der Waals surface area contributed by atoms with E-state index in [0.29, 0.717) is 0 Å². The van der Waals surface area contributed by atoms with Crippen LogP contribution in [-0.4, -0.2) is 5.78 Å². The zero-order chi connectivity index (χ0) is 21.8. The first kappa shape index (κ1) is 20.0. The van der Waals surface area contributed by atoms with E-state index in [1.54, 1.807) is 0 Å². The van der Waals surface area contributed by atoms with Crippen LogP contribution in [0.1, 0.15) is 22.3 Å². The molecule has 1 fully saturated rings. The van der Waals surface area contributed by atoms with E-state index in [2.05, 4.69) is 60.7 Å². The predicted molar refractivity (Wildman–Crippen MR) is 132 cm³/mol. The number of carbonyl (C=O) groups excluding carboxylic acids is 1. The highest BCUT2D eigenvalue weighted by molar-refractivity contribution is 6.06. The van der Waals surface area contributed by atoms with Gasteiger partial charge in [-0.3, -0.25) is 4.79 Å². The van der Waals surface area contributed by atoms with Gasteiger partial charge in [-0.1, -0.05) is 133 Å². The highest BCUT2D eigenvalue weighted by atomic mass is 16.1. The average molecular weight is 413 g/mol. The van der Waals surface area contributed by atoms with Crippen LogP contribution in [0.25, 0.3) is 11.1 Å². The van der Waals surface area contributed by atoms with Crippen LogP contribution in [0.2, 0.25) is 0 Å². The Hall–Kier alpha value is -3.97. The standard InChI is InChI=1S/C31H24O/c32-31-29(21-27(23-13-5-1-6-14-23)24-15-7-2-8-16-24)30(31)22-28(25-17-9-3-10-18-25)26-19-11-4-12-20-26/h1-22,29-30H. The van der Waals surface area contributed by atoms with Crippen molar-refractivity contribution in [2.24, 2.45) is 11.8 Å². The molecule has 1 saturated carbocycles. The third-order valence-electron chi connectivity index (χ3n) is 5.97. The lowest BCUT2D eigenvalue weighted by atomic mass is 9.95. The molecule has 4 aromatic carbocycles. The van der Waals surface area contributed by atoms with Crippen molar-refractivity contribution in [1.82, 2.24) is 0 Å². The van der Waals surface area contributed by atoms with E-state index in [1.165, 1.54) is 0 Å². The van der Waals surface area contributed by atoms with Gasteiger partial charge >= 0.3 is 0 Å². The van der Waals surface area contributed by atoms with Crippen LogP contribution >= 0.6 is 0 Å². The summed E-state index contributed by atoms with van der Waals surface area (Å²) in [5.74, 6) is 0.0689. The molecular weight excluding hydrogens is 388 g/mol. The second-order valence-electron chi connectivity index (χ2n) is 8.08. The molecule has 1 aliphatic rings. The molecule has 2 unspecified atom stereocenters. The summed E-state index contributed by atoms with van der Waals surface area (Å²) in [6.45, 7) is 0. The van der Waals surface area contributed by atoms with Crippen molar-refractivity contribution in [2.75, 3.05) is 0 Å². The van der Waals surface area contributed by atoms with Gasteiger partial charge in [0.1, 0.15) is 5.78 Å². The Labute approximate surface area is 189 Å². The lowest BCUT2D eigenvalue weighted by molar-refractivity contribution is -0.111. The number of ketones is 1. The first-order chi connectivity index (χ1) is 15.8. The molecule has 1 heteroatoms. The first-order valence-corrected chi connectivity index (χ1v) is 11.0. The topological polar surface area (TPSA) is 17.1 Å². The number of hydrogen-bond acceptors (Lipinski definition) is 1. The van der Waals surface area contributed by atoms with Crippen LogP contribution in [0.15, 0.2) is 133 Å². The Morgan fingerprint density at radius 3 is 0.938 bits per heavy atom. The van der Waals surface area contributed by atoms with Crippen LogP contribution in [0, 0.1) is 11.8 Å². The predicted octanol–water partition coefficient (Wildman–Crippen LogP) is 7.07. The van der Waals surface area contributed by atoms with Crippen LogP contribution in [0.5, 0.6) is 0 Å². The minimum Gasteiger partial charge on any atom is -0.298 e. The molecule has 0 N–H and O–H groups in total. The Balaban J connectivity index is 1.53. The van der Waals surface area contributed by atoms with Crippen LogP contribution in [0.3, 0.4) is 0 Å². The maximum absolute atomic E-state index is 12.9. The maximum atomic E-state index is 12.9. The van der Waals surface area contributed by atoms with Crippen LogP contribution in [-0.2, 0) is 4.79 Å². The Bertz CT molecular complexity index is 1070. The zero-order valence-electron chi connectivity index (χ0n) is 17.8. The summed E-state index contributed by atoms with van der Waals surface area (Å²) in [7, 11) is 0. The molecule has 0 amide bonds. The van der Waals surface area contributed by atoms with Gasteiger partial charge in [0.15, 0.2) is 0 Å². The summed E-state index contributed by atoms with van der Waals surface area (Å²) in [5.41, 5.74) is 6.75. The van der Waals surface area contributed by atoms with Gasteiger partial charge in [-0.15, -0.1) is 0 Å². The SMILES string of the molecule is O=C1C(C=C(c2ccccc2)c2ccccc2)C1C=C(c1ccccc1)c1ccccc1. The molecule has 0 aliphatic heterocycles. The molecule has 0 spiro atoms. The quantitative estimate of drug-likeness (QED) is 0.331. The summed E-state index contributed by atoms with van der Waals surface area (Å²) in [5, 5.41) is 0. The lowest BCUT2D eigenvalue weighted by Crippen LogP contribution is -1.91.